The van der Waals surface area contributed by atoms with Gasteiger partial charge in [-0.05, 0) is 185 Å². The molecule has 0 saturated carbocycles. The zero-order valence-corrected chi connectivity index (χ0v) is 61.5. The van der Waals surface area contributed by atoms with Gasteiger partial charge in [-0.2, -0.15) is 0 Å². The molecule has 7 unspecified atom stereocenters. The number of rotatable bonds is 22. The Morgan fingerprint density at radius 1 is 0.485 bits per heavy atom. The van der Waals surface area contributed by atoms with Crippen molar-refractivity contribution in [2.45, 2.75) is 201 Å². The number of allylic oxidation sites excluding steroid dienone is 15. The number of aliphatic hydroxyl groups is 3. The van der Waals surface area contributed by atoms with Gasteiger partial charge in [0.15, 0.2) is 0 Å². The van der Waals surface area contributed by atoms with Crippen molar-refractivity contribution in [3.05, 3.63) is 224 Å². The van der Waals surface area contributed by atoms with E-state index in [4.69, 9.17) is 61.9 Å². The molecule has 0 fully saturated rings. The van der Waals surface area contributed by atoms with E-state index in [9.17, 15) is 43.8 Å². The van der Waals surface area contributed by atoms with Crippen LogP contribution in [0.15, 0.2) is 224 Å². The maximum absolute atomic E-state index is 11.3. The van der Waals surface area contributed by atoms with Crippen molar-refractivity contribution in [2.24, 2.45) is 10.8 Å². The predicted molar refractivity (Wildman–Crippen MR) is 380 cm³/mol. The summed E-state index contributed by atoms with van der Waals surface area (Å²) in [4.78, 5) is 76.2. The molecular formula is C79H102O22. The summed E-state index contributed by atoms with van der Waals surface area (Å²) in [5.74, 6) is -2.06. The van der Waals surface area contributed by atoms with Crippen LogP contribution >= 0.6 is 0 Å². The van der Waals surface area contributed by atoms with Crippen LogP contribution in [0.5, 0.6) is 0 Å². The summed E-state index contributed by atoms with van der Waals surface area (Å²) < 4.78 is 60.8. The first-order valence-electron chi connectivity index (χ1n) is 32.9. The highest BCUT2D eigenvalue weighted by Gasteiger charge is 2.32. The van der Waals surface area contributed by atoms with Crippen LogP contribution in [0.3, 0.4) is 0 Å². The number of carbonyl (C=O) groups excluding carboxylic acids is 7. The van der Waals surface area contributed by atoms with E-state index in [1.54, 1.807) is 117 Å². The molecule has 7 atom stereocenters. The first-order valence-corrected chi connectivity index (χ1v) is 32.9. The summed E-state index contributed by atoms with van der Waals surface area (Å²) in [6, 6.07) is 0. The molecule has 0 aromatic heterocycles. The van der Waals surface area contributed by atoms with Gasteiger partial charge in [0, 0.05) is 75.5 Å². The van der Waals surface area contributed by atoms with Crippen LogP contribution in [-0.2, 0) is 90.4 Å². The Hall–Kier alpha value is -9.77. The first kappa shape index (κ1) is 85.5. The fourth-order valence-electron chi connectivity index (χ4n) is 9.85. The Balaban J connectivity index is 0.000000321. The molecule has 6 aliphatic heterocycles. The number of carbonyl (C=O) groups is 7. The van der Waals surface area contributed by atoms with E-state index in [0.29, 0.717) is 50.9 Å². The van der Waals surface area contributed by atoms with Crippen molar-refractivity contribution in [1.82, 2.24) is 0 Å². The predicted octanol–water partition coefficient (Wildman–Crippen LogP) is 14.0. The highest BCUT2D eigenvalue weighted by molar-refractivity contribution is 5.92. The third-order valence-electron chi connectivity index (χ3n) is 15.5. The van der Waals surface area contributed by atoms with Crippen LogP contribution in [0.1, 0.15) is 157 Å². The Labute approximate surface area is 594 Å². The SMILES string of the molecule is C/C=C/C(C)=C\OC1C=C(C)C(=O)O1.C=C/C(C)=C\OC1C=C(C)C(=O)O1.CC1=CC(O/C=C(/C)CO)OC1=O.CC1=CC(O/C=C(C)\C=C\C2=C(C)CC(O)CC2(C)C)OC1=O.CC1=CC(O/C=C(C)\C=C\C=O)OC1=O.CC1=CC(O/C=C(\C=C\C2=C(C)CCCC2(C)C)CO)OC1=O. The van der Waals surface area contributed by atoms with Gasteiger partial charge < -0.3 is 72.2 Å². The maximum Gasteiger partial charge on any atom is 0.336 e. The molecule has 0 aromatic rings. The number of cyclic esters (lactones) is 6. The summed E-state index contributed by atoms with van der Waals surface area (Å²) in [6.07, 6.45) is 36.8. The Morgan fingerprint density at radius 2 is 0.832 bits per heavy atom. The quantitative estimate of drug-likeness (QED) is 0.0227. The Bertz CT molecular complexity index is 3580. The summed E-state index contributed by atoms with van der Waals surface area (Å²) in [5, 5.41) is 28.1. The zero-order chi connectivity index (χ0) is 75.7. The fourth-order valence-corrected chi connectivity index (χ4v) is 9.85. The number of hydrogen-bond donors (Lipinski definition) is 3. The van der Waals surface area contributed by atoms with E-state index in [0.717, 1.165) is 41.6 Å². The van der Waals surface area contributed by atoms with Crippen molar-refractivity contribution in [3.8, 4) is 0 Å². The number of aliphatic hydroxyl groups excluding tert-OH is 3. The molecule has 8 aliphatic rings. The summed E-state index contributed by atoms with van der Waals surface area (Å²) in [5.41, 5.74) is 13.5. The summed E-state index contributed by atoms with van der Waals surface area (Å²) in [7, 11) is 0. The molecule has 2 aliphatic carbocycles. The molecule has 0 aromatic carbocycles. The third kappa shape index (κ3) is 30.7. The number of ether oxygens (including phenoxy) is 12. The van der Waals surface area contributed by atoms with Crippen LogP contribution in [-0.4, -0.2) is 114 Å². The van der Waals surface area contributed by atoms with E-state index in [1.165, 1.54) is 66.3 Å². The average Bonchev–Trinajstić information content (AvgIpc) is 1.66. The highest BCUT2D eigenvalue weighted by Crippen LogP contribution is 2.42. The van der Waals surface area contributed by atoms with Crippen LogP contribution in [0.2, 0.25) is 0 Å². The van der Waals surface area contributed by atoms with Crippen molar-refractivity contribution in [2.75, 3.05) is 13.2 Å². The molecule has 3 N–H and O–H groups in total. The van der Waals surface area contributed by atoms with Crippen molar-refractivity contribution in [1.29, 1.82) is 0 Å². The van der Waals surface area contributed by atoms with Crippen LogP contribution < -0.4 is 0 Å². The molecule has 6 heterocycles. The van der Waals surface area contributed by atoms with Gasteiger partial charge >= 0.3 is 35.8 Å². The first-order chi connectivity index (χ1) is 47.5. The Kier molecular flexibility index (Phi) is 35.8. The van der Waals surface area contributed by atoms with Gasteiger partial charge in [-0.25, -0.2) is 28.8 Å². The van der Waals surface area contributed by atoms with Crippen molar-refractivity contribution in [3.63, 3.8) is 0 Å². The second-order valence-corrected chi connectivity index (χ2v) is 25.9. The topological polar surface area (TPSA) is 291 Å². The monoisotopic (exact) mass is 1400 g/mol. The van der Waals surface area contributed by atoms with Crippen molar-refractivity contribution >= 4 is 42.1 Å². The lowest BCUT2D eigenvalue weighted by Gasteiger charge is -2.35. The molecule has 8 rings (SSSR count). The van der Waals surface area contributed by atoms with E-state index in [2.05, 4.69) is 60.3 Å². The molecule has 0 amide bonds. The molecule has 0 bridgehead atoms. The second kappa shape index (κ2) is 42.4. The smallest absolute Gasteiger partial charge is 0.336 e. The van der Waals surface area contributed by atoms with Gasteiger partial charge in [0.25, 0.3) is 37.7 Å². The molecule has 0 radical (unpaired) electrons. The molecule has 0 saturated heterocycles. The molecular weight excluding hydrogens is 1300 g/mol. The van der Waals surface area contributed by atoms with Crippen LogP contribution in [0.4, 0.5) is 0 Å². The van der Waals surface area contributed by atoms with E-state index < -0.39 is 37.7 Å². The number of esters is 6. The van der Waals surface area contributed by atoms with Gasteiger partial charge in [0.1, 0.15) is 6.29 Å². The summed E-state index contributed by atoms with van der Waals surface area (Å²) >= 11 is 0. The average molecular weight is 1400 g/mol. The number of aldehydes is 1. The molecule has 101 heavy (non-hydrogen) atoms. The molecule has 550 valence electrons. The lowest BCUT2D eigenvalue weighted by Crippen LogP contribution is -2.28. The minimum Gasteiger partial charge on any atom is -0.459 e. The second-order valence-electron chi connectivity index (χ2n) is 25.9. The standard InChI is InChI=1S/2C19H26O4.C11H12O4.C11H14O3.C10H12O3.C9H12O4/c1-12(11-22-17-9-14(3)18(21)23-17)6-7-16-13(2)8-15(20)10-19(16,4)5;1-13-6-5-9-19(3,4)16(13)8-7-15(11-20)12-22-17-10-14(2)18(21)23-17;1-8(4-3-5-12)7-14-10-6-9(2)11(13)15-10;1-4-5-8(2)7-13-10-6-9(3)11(12)14-10;1-4-7(2)6-12-9-5-8(3)10(11)13-9;1-6(4-10)5-12-8-3-7(2)9(11)13-8/h6-7,9,11,15,17,20H,8,10H2,1-5H3;7-8,10,12,17,20H,5-6,9,11H2,1-4H3;3-7,10H,1-2H3;4-7,10H,1-3H3;4-6,9H,1H2,2-3H3;3,5,8,10H,4H2,1-2H3/b7-6+,12-11-;8-7+,15-12+;4-3+,8-7-;5-4+,8-7-;7-6-;6-5-. The number of hydrogen-bond acceptors (Lipinski definition) is 22. The molecule has 22 nitrogen and oxygen atoms in total. The van der Waals surface area contributed by atoms with Gasteiger partial charge in [-0.15, -0.1) is 0 Å². The lowest BCUT2D eigenvalue weighted by molar-refractivity contribution is -0.153. The lowest BCUT2D eigenvalue weighted by atomic mass is 9.71. The van der Waals surface area contributed by atoms with E-state index in [1.807, 2.05) is 52.0 Å². The minimum absolute atomic E-state index is 0.0414. The van der Waals surface area contributed by atoms with Gasteiger partial charge in [-0.3, -0.25) is 4.79 Å². The van der Waals surface area contributed by atoms with Crippen LogP contribution in [0.25, 0.3) is 0 Å². The van der Waals surface area contributed by atoms with Crippen molar-refractivity contribution < 1.29 is 106 Å². The Morgan fingerprint density at radius 3 is 1.16 bits per heavy atom. The van der Waals surface area contributed by atoms with Gasteiger partial charge in [0.05, 0.1) is 56.9 Å². The molecule has 22 heteroatoms. The van der Waals surface area contributed by atoms with Crippen LogP contribution in [0, 0.1) is 10.8 Å². The maximum atomic E-state index is 11.3. The minimum atomic E-state index is -0.704. The normalized spacial score (nSPS) is 24.2. The fraction of sp³-hybridized carbons (Fsp3) is 0.430. The highest BCUT2D eigenvalue weighted by atomic mass is 16.7. The largest absolute Gasteiger partial charge is 0.459 e. The summed E-state index contributed by atoms with van der Waals surface area (Å²) in [6.45, 7) is 37.6. The van der Waals surface area contributed by atoms with E-state index in [-0.39, 0.29) is 66.0 Å². The van der Waals surface area contributed by atoms with Gasteiger partial charge in [-0.1, -0.05) is 94.0 Å². The van der Waals surface area contributed by atoms with E-state index >= 15 is 0 Å². The zero-order valence-electron chi connectivity index (χ0n) is 61.5. The third-order valence-corrected chi connectivity index (χ3v) is 15.5. The van der Waals surface area contributed by atoms with Gasteiger partial charge in [0.2, 0.25) is 0 Å². The molecule has 0 spiro atoms.